The zero-order valence-corrected chi connectivity index (χ0v) is 26.7. The summed E-state index contributed by atoms with van der Waals surface area (Å²) < 4.78 is 22.7. The van der Waals surface area contributed by atoms with Crippen molar-refractivity contribution in [3.63, 3.8) is 0 Å². The van der Waals surface area contributed by atoms with Crippen LogP contribution in [0.1, 0.15) is 33.9 Å². The maximum absolute atomic E-state index is 14.3. The number of fused-ring (bicyclic) bond motifs is 1. The summed E-state index contributed by atoms with van der Waals surface area (Å²) in [4.78, 5) is 31.2. The number of benzene rings is 4. The van der Waals surface area contributed by atoms with E-state index in [1.54, 1.807) is 19.2 Å². The monoisotopic (exact) mass is 667 g/mol. The quantitative estimate of drug-likeness (QED) is 0.191. The standard InChI is InChI=1S/C35H30BrN3O6/c1-42-24-13-10-20(11-14-24)28-19-27(38-39(28)35(41)22-16-29(43-2)33(45-4)30(17-22)44-3)32-31(21-8-6-5-7-9-21)25-18-23(36)12-15-26(25)37-34(32)40/h5-18,28H,19H2,1-4H3,(H,37,40)/t28-/m1/s1. The highest BCUT2D eigenvalue weighted by Crippen LogP contribution is 2.41. The third-order valence-electron chi connectivity index (χ3n) is 7.86. The molecule has 1 aromatic heterocycles. The SMILES string of the molecule is COc1ccc([C@H]2CC(c3c(-c4ccccc4)c4cc(Br)ccc4[nH]c3=O)=NN2C(=O)c2cc(OC)c(OC)c(OC)c2)cc1. The molecule has 10 heteroatoms. The first-order chi connectivity index (χ1) is 21.9. The lowest BCUT2D eigenvalue weighted by Crippen LogP contribution is -2.27. The molecule has 0 bridgehead atoms. The number of ether oxygens (including phenoxy) is 4. The second kappa shape index (κ2) is 12.5. The Morgan fingerprint density at radius 1 is 0.844 bits per heavy atom. The van der Waals surface area contributed by atoms with Gasteiger partial charge < -0.3 is 23.9 Å². The number of hydrogen-bond acceptors (Lipinski definition) is 7. The molecule has 0 spiro atoms. The second-order valence-corrected chi connectivity index (χ2v) is 11.3. The van der Waals surface area contributed by atoms with Crippen LogP contribution in [0, 0.1) is 0 Å². The summed E-state index contributed by atoms with van der Waals surface area (Å²) in [5, 5.41) is 7.17. The van der Waals surface area contributed by atoms with Crippen LogP contribution in [0.5, 0.6) is 23.0 Å². The van der Waals surface area contributed by atoms with Crippen LogP contribution in [0.25, 0.3) is 22.0 Å². The summed E-state index contributed by atoms with van der Waals surface area (Å²) in [5.74, 6) is 1.34. The summed E-state index contributed by atoms with van der Waals surface area (Å²) >= 11 is 3.59. The zero-order valence-electron chi connectivity index (χ0n) is 25.1. The molecule has 5 aromatic rings. The number of halogens is 1. The smallest absolute Gasteiger partial charge is 0.274 e. The van der Waals surface area contributed by atoms with Gasteiger partial charge >= 0.3 is 0 Å². The van der Waals surface area contributed by atoms with E-state index in [1.807, 2.05) is 72.8 Å². The highest BCUT2D eigenvalue weighted by Gasteiger charge is 2.36. The maximum atomic E-state index is 14.3. The van der Waals surface area contributed by atoms with Crippen LogP contribution in [-0.4, -0.2) is 50.1 Å². The van der Waals surface area contributed by atoms with Crippen LogP contribution >= 0.6 is 15.9 Å². The van der Waals surface area contributed by atoms with Crippen molar-refractivity contribution in [1.82, 2.24) is 9.99 Å². The van der Waals surface area contributed by atoms with Crippen LogP contribution in [0.2, 0.25) is 0 Å². The number of H-pyrrole nitrogens is 1. The summed E-state index contributed by atoms with van der Waals surface area (Å²) in [5.41, 5.74) is 4.01. The Kier molecular flexibility index (Phi) is 8.32. The molecular weight excluding hydrogens is 638 g/mol. The average molecular weight is 669 g/mol. The molecule has 4 aromatic carbocycles. The molecule has 0 saturated heterocycles. The number of nitrogens with zero attached hydrogens (tertiary/aromatic N) is 2. The number of hydrogen-bond donors (Lipinski definition) is 1. The molecule has 0 saturated carbocycles. The van der Waals surface area contributed by atoms with Crippen molar-refractivity contribution in [2.24, 2.45) is 5.10 Å². The molecular formula is C35H30BrN3O6. The fraction of sp³-hybridized carbons (Fsp3) is 0.171. The van der Waals surface area contributed by atoms with E-state index in [0.29, 0.717) is 46.2 Å². The average Bonchev–Trinajstić information content (AvgIpc) is 3.52. The van der Waals surface area contributed by atoms with Crippen LogP contribution in [0.4, 0.5) is 0 Å². The molecule has 2 heterocycles. The van der Waals surface area contributed by atoms with Crippen molar-refractivity contribution in [3.05, 3.63) is 116 Å². The molecule has 0 fully saturated rings. The Morgan fingerprint density at radius 3 is 2.16 bits per heavy atom. The van der Waals surface area contributed by atoms with Gasteiger partial charge in [-0.15, -0.1) is 0 Å². The molecule has 0 aliphatic carbocycles. The molecule has 0 unspecified atom stereocenters. The molecule has 45 heavy (non-hydrogen) atoms. The molecule has 9 nitrogen and oxygen atoms in total. The van der Waals surface area contributed by atoms with E-state index < -0.39 is 11.9 Å². The first-order valence-electron chi connectivity index (χ1n) is 14.1. The Labute approximate surface area is 268 Å². The van der Waals surface area contributed by atoms with Crippen molar-refractivity contribution in [1.29, 1.82) is 0 Å². The highest BCUT2D eigenvalue weighted by atomic mass is 79.9. The van der Waals surface area contributed by atoms with E-state index in [1.165, 1.54) is 26.3 Å². The Hall–Kier alpha value is -5.09. The molecule has 1 aliphatic heterocycles. The molecule has 6 rings (SSSR count). The van der Waals surface area contributed by atoms with Crippen molar-refractivity contribution < 1.29 is 23.7 Å². The second-order valence-electron chi connectivity index (χ2n) is 10.4. The van der Waals surface area contributed by atoms with Crippen molar-refractivity contribution in [3.8, 4) is 34.1 Å². The zero-order chi connectivity index (χ0) is 31.7. The van der Waals surface area contributed by atoms with Crippen LogP contribution in [0.15, 0.2) is 99.3 Å². The maximum Gasteiger partial charge on any atom is 0.274 e. The lowest BCUT2D eigenvalue weighted by Gasteiger charge is -2.23. The van der Waals surface area contributed by atoms with Gasteiger partial charge in [-0.05, 0) is 53.6 Å². The van der Waals surface area contributed by atoms with E-state index in [4.69, 9.17) is 24.0 Å². The number of aromatic nitrogens is 1. The van der Waals surface area contributed by atoms with Gasteiger partial charge in [-0.25, -0.2) is 5.01 Å². The summed E-state index contributed by atoms with van der Waals surface area (Å²) in [6.45, 7) is 0. The van der Waals surface area contributed by atoms with E-state index in [2.05, 4.69) is 20.9 Å². The van der Waals surface area contributed by atoms with Gasteiger partial charge in [0.05, 0.1) is 45.8 Å². The van der Waals surface area contributed by atoms with Crippen LogP contribution in [-0.2, 0) is 0 Å². The number of hydrazone groups is 1. The van der Waals surface area contributed by atoms with Crippen LogP contribution < -0.4 is 24.5 Å². The normalized spacial score (nSPS) is 14.3. The molecule has 1 aliphatic rings. The number of rotatable bonds is 8. The van der Waals surface area contributed by atoms with Crippen molar-refractivity contribution in [2.45, 2.75) is 12.5 Å². The Balaban J connectivity index is 1.56. The minimum atomic E-state index is -0.515. The van der Waals surface area contributed by atoms with Gasteiger partial charge in [-0.3, -0.25) is 9.59 Å². The van der Waals surface area contributed by atoms with E-state index in [-0.39, 0.29) is 11.1 Å². The number of amides is 1. The first-order valence-corrected chi connectivity index (χ1v) is 14.9. The van der Waals surface area contributed by atoms with E-state index >= 15 is 0 Å². The predicted octanol–water partition coefficient (Wildman–Crippen LogP) is 6.98. The molecule has 0 radical (unpaired) electrons. The number of carbonyl (C=O) groups excluding carboxylic acids is 1. The largest absolute Gasteiger partial charge is 0.497 e. The van der Waals surface area contributed by atoms with Gasteiger partial charge in [0.15, 0.2) is 11.5 Å². The molecule has 1 atom stereocenters. The minimum Gasteiger partial charge on any atom is -0.497 e. The fourth-order valence-electron chi connectivity index (χ4n) is 5.72. The summed E-state index contributed by atoms with van der Waals surface area (Å²) in [6.07, 6.45) is 0.297. The van der Waals surface area contributed by atoms with Gasteiger partial charge in [0.1, 0.15) is 5.75 Å². The molecule has 1 N–H and O–H groups in total. The lowest BCUT2D eigenvalue weighted by molar-refractivity contribution is 0.0710. The predicted molar refractivity (Wildman–Crippen MR) is 177 cm³/mol. The number of nitrogens with one attached hydrogen (secondary N) is 1. The van der Waals surface area contributed by atoms with E-state index in [9.17, 15) is 9.59 Å². The van der Waals surface area contributed by atoms with Gasteiger partial charge in [0, 0.05) is 32.9 Å². The Morgan fingerprint density at radius 2 is 1.53 bits per heavy atom. The highest BCUT2D eigenvalue weighted by molar-refractivity contribution is 9.10. The van der Waals surface area contributed by atoms with Gasteiger partial charge in [-0.2, -0.15) is 5.10 Å². The third kappa shape index (κ3) is 5.53. The van der Waals surface area contributed by atoms with Gasteiger partial charge in [0.2, 0.25) is 5.75 Å². The summed E-state index contributed by atoms with van der Waals surface area (Å²) in [6, 6.07) is 25.6. The van der Waals surface area contributed by atoms with Crippen molar-refractivity contribution >= 4 is 38.5 Å². The van der Waals surface area contributed by atoms with Gasteiger partial charge in [0.25, 0.3) is 11.5 Å². The Bertz CT molecular complexity index is 1960. The van der Waals surface area contributed by atoms with E-state index in [0.717, 1.165) is 26.5 Å². The number of carbonyl (C=O) groups is 1. The molecule has 228 valence electrons. The van der Waals surface area contributed by atoms with Gasteiger partial charge in [-0.1, -0.05) is 58.4 Å². The fourth-order valence-corrected chi connectivity index (χ4v) is 6.08. The minimum absolute atomic E-state index is 0.285. The number of methoxy groups -OCH3 is 4. The molecule has 1 amide bonds. The van der Waals surface area contributed by atoms with Crippen molar-refractivity contribution in [2.75, 3.05) is 28.4 Å². The topological polar surface area (TPSA) is 102 Å². The lowest BCUT2D eigenvalue weighted by atomic mass is 9.91. The third-order valence-corrected chi connectivity index (χ3v) is 8.35. The number of pyridine rings is 1. The van der Waals surface area contributed by atoms with Crippen LogP contribution in [0.3, 0.4) is 0 Å². The first kappa shape index (κ1) is 30.0. The summed E-state index contributed by atoms with van der Waals surface area (Å²) in [7, 11) is 6.09. The number of aromatic amines is 1.